The summed E-state index contributed by atoms with van der Waals surface area (Å²) in [6.07, 6.45) is 7.19. The van der Waals surface area contributed by atoms with Crippen molar-refractivity contribution in [2.45, 2.75) is 38.5 Å². The van der Waals surface area contributed by atoms with E-state index in [9.17, 15) is 12.8 Å². The monoisotopic (exact) mass is 495 g/mol. The van der Waals surface area contributed by atoms with Crippen LogP contribution in [0, 0.1) is 12.7 Å². The van der Waals surface area contributed by atoms with Crippen molar-refractivity contribution in [2.24, 2.45) is 0 Å². The number of aromatic nitrogens is 3. The number of hydrogen-bond acceptors (Lipinski definition) is 4. The zero-order chi connectivity index (χ0) is 24.7. The molecule has 184 valence electrons. The maximum atomic E-state index is 13.4. The summed E-state index contributed by atoms with van der Waals surface area (Å²) in [5, 5.41) is 4.98. The highest BCUT2D eigenvalue weighted by Crippen LogP contribution is 2.33. The first kappa shape index (κ1) is 23.4. The van der Waals surface area contributed by atoms with Crippen LogP contribution in [0.2, 0.25) is 0 Å². The van der Waals surface area contributed by atoms with Crippen LogP contribution in [0.4, 0.5) is 15.8 Å². The molecule has 0 amide bonds. The summed E-state index contributed by atoms with van der Waals surface area (Å²) < 4.78 is 45.4. The summed E-state index contributed by atoms with van der Waals surface area (Å²) in [6, 6.07) is 12.2. The van der Waals surface area contributed by atoms with E-state index in [1.54, 1.807) is 30.1 Å². The van der Waals surface area contributed by atoms with Crippen LogP contribution >= 0.6 is 0 Å². The van der Waals surface area contributed by atoms with Gasteiger partial charge in [-0.15, -0.1) is 0 Å². The molecule has 2 aromatic carbocycles. The number of hydrogen-bond donors (Lipinski definition) is 0. The zero-order valence-corrected chi connectivity index (χ0v) is 21.0. The number of aryl methyl sites for hydroxylation is 2. The number of fused-ring (bicyclic) bond motifs is 1. The molecule has 1 saturated heterocycles. The fraction of sp³-hybridized carbons (Fsp3) is 0.346. The smallest absolute Gasteiger partial charge is 0.239 e. The highest BCUT2D eigenvalue weighted by molar-refractivity contribution is 7.93. The third-order valence-corrected chi connectivity index (χ3v) is 9.03. The number of benzene rings is 2. The van der Waals surface area contributed by atoms with Crippen molar-refractivity contribution in [3.05, 3.63) is 72.4 Å². The van der Waals surface area contributed by atoms with Gasteiger partial charge in [0.15, 0.2) is 0 Å². The topological polar surface area (TPSA) is 63.4 Å². The van der Waals surface area contributed by atoms with Gasteiger partial charge in [-0.1, -0.05) is 6.92 Å². The second kappa shape index (κ2) is 9.03. The van der Waals surface area contributed by atoms with Crippen molar-refractivity contribution >= 4 is 32.3 Å². The van der Waals surface area contributed by atoms with Crippen LogP contribution in [0.5, 0.6) is 0 Å². The van der Waals surface area contributed by atoms with Gasteiger partial charge in [-0.2, -0.15) is 5.10 Å². The normalized spacial score (nSPS) is 16.3. The third kappa shape index (κ3) is 4.29. The first-order valence-electron chi connectivity index (χ1n) is 11.9. The first-order chi connectivity index (χ1) is 16.8. The molecular weight excluding hydrogens is 465 g/mol. The molecule has 1 atom stereocenters. The zero-order valence-electron chi connectivity index (χ0n) is 20.2. The molecule has 1 fully saturated rings. The van der Waals surface area contributed by atoms with E-state index < -0.39 is 15.3 Å². The summed E-state index contributed by atoms with van der Waals surface area (Å²) in [7, 11) is -1.85. The summed E-state index contributed by atoms with van der Waals surface area (Å²) in [6.45, 7) is 6.11. The largest absolute Gasteiger partial charge is 0.370 e. The van der Waals surface area contributed by atoms with Crippen molar-refractivity contribution in [1.29, 1.82) is 0 Å². The van der Waals surface area contributed by atoms with Crippen molar-refractivity contribution in [3.63, 3.8) is 0 Å². The lowest BCUT2D eigenvalue weighted by atomic mass is 10.1. The van der Waals surface area contributed by atoms with Crippen LogP contribution < -0.4 is 9.21 Å². The molecule has 5 rings (SSSR count). The molecule has 7 nitrogen and oxygen atoms in total. The molecular formula is C26H30FN5O2S. The molecule has 0 aliphatic carbocycles. The van der Waals surface area contributed by atoms with Crippen LogP contribution in [-0.2, 0) is 16.6 Å². The second-order valence-corrected chi connectivity index (χ2v) is 11.5. The minimum Gasteiger partial charge on any atom is -0.370 e. The van der Waals surface area contributed by atoms with E-state index in [-0.39, 0.29) is 5.82 Å². The van der Waals surface area contributed by atoms with Crippen molar-refractivity contribution in [3.8, 4) is 5.69 Å². The first-order valence-corrected chi connectivity index (χ1v) is 13.4. The molecule has 0 N–H and O–H groups in total. The van der Waals surface area contributed by atoms with Crippen LogP contribution in [0.3, 0.4) is 0 Å². The van der Waals surface area contributed by atoms with Gasteiger partial charge in [0.1, 0.15) is 5.82 Å². The molecule has 1 aliphatic heterocycles. The summed E-state index contributed by atoms with van der Waals surface area (Å²) in [4.78, 5) is 2.16. The van der Waals surface area contributed by atoms with E-state index in [0.29, 0.717) is 25.2 Å². The Kier molecular flexibility index (Phi) is 6.04. The Morgan fingerprint density at radius 3 is 2.69 bits per heavy atom. The van der Waals surface area contributed by atoms with Crippen LogP contribution in [-0.4, -0.2) is 48.2 Å². The van der Waals surface area contributed by atoms with Gasteiger partial charge in [0.2, 0.25) is 10.0 Å². The lowest BCUT2D eigenvalue weighted by molar-refractivity contribution is 0.581. The van der Waals surface area contributed by atoms with Gasteiger partial charge in [0.05, 0.1) is 28.3 Å². The van der Waals surface area contributed by atoms with Crippen molar-refractivity contribution in [2.75, 3.05) is 29.3 Å². The van der Waals surface area contributed by atoms with Crippen LogP contribution in [0.1, 0.15) is 25.3 Å². The molecule has 2 aromatic heterocycles. The SMILES string of the molecule is CCCn1ccc(N(C)S(=O)(=O)C2CCN(c3cc4cnn(-c5ccc(F)cc5)c4cc3C)C2)c1. The molecule has 0 radical (unpaired) electrons. The Bertz CT molecular complexity index is 1460. The van der Waals surface area contributed by atoms with E-state index in [1.807, 2.05) is 30.0 Å². The number of halogens is 1. The second-order valence-electron chi connectivity index (χ2n) is 9.21. The van der Waals surface area contributed by atoms with E-state index in [2.05, 4.69) is 29.1 Å². The van der Waals surface area contributed by atoms with Crippen LogP contribution in [0.15, 0.2) is 61.1 Å². The van der Waals surface area contributed by atoms with E-state index >= 15 is 0 Å². The number of rotatable bonds is 7. The number of nitrogens with zero attached hydrogens (tertiary/aromatic N) is 5. The van der Waals surface area contributed by atoms with Gasteiger partial charge in [-0.3, -0.25) is 4.31 Å². The Labute approximate surface area is 205 Å². The Morgan fingerprint density at radius 1 is 1.17 bits per heavy atom. The fourth-order valence-electron chi connectivity index (χ4n) is 4.87. The van der Waals surface area contributed by atoms with Gasteiger partial charge < -0.3 is 9.47 Å². The third-order valence-electron chi connectivity index (χ3n) is 6.83. The summed E-state index contributed by atoms with van der Waals surface area (Å²) in [5.41, 5.74) is 4.48. The number of sulfonamides is 1. The minimum absolute atomic E-state index is 0.286. The molecule has 1 aliphatic rings. The number of anilines is 2. The molecule has 9 heteroatoms. The molecule has 1 unspecified atom stereocenters. The highest BCUT2D eigenvalue weighted by atomic mass is 32.2. The molecule has 0 spiro atoms. The standard InChI is InChI=1S/C26H30FN5O2S/c1-4-11-30-12-9-23(17-30)29(3)35(33,34)24-10-13-31(18-24)25-15-20-16-28-32(26(20)14-19(25)2)22-7-5-21(27)6-8-22/h5-9,12,14-17,24H,4,10-11,13,18H2,1-3H3. The predicted molar refractivity (Wildman–Crippen MR) is 138 cm³/mol. The molecule has 0 bridgehead atoms. The average molecular weight is 496 g/mol. The Hall–Kier alpha value is -3.33. The lowest BCUT2D eigenvalue weighted by Gasteiger charge is -2.24. The fourth-order valence-corrected chi connectivity index (χ4v) is 6.49. The van der Waals surface area contributed by atoms with Gasteiger partial charge in [0.25, 0.3) is 0 Å². The Morgan fingerprint density at radius 2 is 1.94 bits per heavy atom. The molecule has 35 heavy (non-hydrogen) atoms. The van der Waals surface area contributed by atoms with Gasteiger partial charge in [0, 0.05) is 50.1 Å². The maximum Gasteiger partial charge on any atom is 0.239 e. The van der Waals surface area contributed by atoms with E-state index in [1.165, 1.54) is 16.4 Å². The van der Waals surface area contributed by atoms with Crippen molar-refractivity contribution < 1.29 is 12.8 Å². The molecule has 0 saturated carbocycles. The molecule has 3 heterocycles. The predicted octanol–water partition coefficient (Wildman–Crippen LogP) is 4.73. The molecule has 4 aromatic rings. The van der Waals surface area contributed by atoms with Gasteiger partial charge in [-0.05, 0) is 67.8 Å². The highest BCUT2D eigenvalue weighted by Gasteiger charge is 2.37. The Balaban J connectivity index is 1.37. The van der Waals surface area contributed by atoms with Gasteiger partial charge >= 0.3 is 0 Å². The lowest BCUT2D eigenvalue weighted by Crippen LogP contribution is -2.38. The van der Waals surface area contributed by atoms with E-state index in [0.717, 1.165) is 40.8 Å². The van der Waals surface area contributed by atoms with Gasteiger partial charge in [-0.25, -0.2) is 17.5 Å². The maximum absolute atomic E-state index is 13.4. The van der Waals surface area contributed by atoms with Crippen molar-refractivity contribution in [1.82, 2.24) is 14.3 Å². The summed E-state index contributed by atoms with van der Waals surface area (Å²) in [5.74, 6) is -0.286. The summed E-state index contributed by atoms with van der Waals surface area (Å²) >= 11 is 0. The quantitative estimate of drug-likeness (QED) is 0.372. The minimum atomic E-state index is -3.49. The van der Waals surface area contributed by atoms with Crippen LogP contribution in [0.25, 0.3) is 16.6 Å². The van der Waals surface area contributed by atoms with E-state index in [4.69, 9.17) is 0 Å². The average Bonchev–Trinajstić information content (AvgIpc) is 3.59.